The highest BCUT2D eigenvalue weighted by Gasteiger charge is 2.21. The van der Waals surface area contributed by atoms with Crippen LogP contribution in [0.5, 0.6) is 5.75 Å². The van der Waals surface area contributed by atoms with Crippen LogP contribution < -0.4 is 10.1 Å². The summed E-state index contributed by atoms with van der Waals surface area (Å²) >= 11 is 0. The maximum absolute atomic E-state index is 13.0. The van der Waals surface area contributed by atoms with E-state index in [9.17, 15) is 4.79 Å². The summed E-state index contributed by atoms with van der Waals surface area (Å²) in [6.07, 6.45) is 5.19. The van der Waals surface area contributed by atoms with E-state index in [1.54, 1.807) is 19.5 Å². The highest BCUT2D eigenvalue weighted by molar-refractivity contribution is 5.94. The van der Waals surface area contributed by atoms with Gasteiger partial charge >= 0.3 is 0 Å². The third-order valence-electron chi connectivity index (χ3n) is 5.30. The van der Waals surface area contributed by atoms with Crippen molar-refractivity contribution in [1.82, 2.24) is 9.88 Å². The summed E-state index contributed by atoms with van der Waals surface area (Å²) in [4.78, 5) is 19.1. The van der Waals surface area contributed by atoms with Crippen LogP contribution >= 0.6 is 0 Å². The highest BCUT2D eigenvalue weighted by Crippen LogP contribution is 2.21. The fourth-order valence-electron chi connectivity index (χ4n) is 3.65. The summed E-state index contributed by atoms with van der Waals surface area (Å²) in [5.41, 5.74) is 5.28. The van der Waals surface area contributed by atoms with Crippen molar-refractivity contribution in [2.75, 3.05) is 25.5 Å². The molecular formula is C24H25N3O2. The number of hydrogen-bond acceptors (Lipinski definition) is 4. The molecule has 2 aromatic carbocycles. The number of nitrogens with one attached hydrogen (secondary N) is 1. The van der Waals surface area contributed by atoms with E-state index in [0.717, 1.165) is 37.4 Å². The topological polar surface area (TPSA) is 54.5 Å². The summed E-state index contributed by atoms with van der Waals surface area (Å²) < 4.78 is 5.19. The van der Waals surface area contributed by atoms with Crippen LogP contribution in [0.3, 0.4) is 0 Å². The first-order valence-corrected chi connectivity index (χ1v) is 9.91. The maximum atomic E-state index is 13.0. The summed E-state index contributed by atoms with van der Waals surface area (Å²) in [5, 5.41) is 3.37. The van der Waals surface area contributed by atoms with E-state index in [0.29, 0.717) is 12.1 Å². The number of carbonyl (C=O) groups is 1. The first kappa shape index (κ1) is 19.0. The van der Waals surface area contributed by atoms with Gasteiger partial charge in [-0.25, -0.2) is 0 Å². The van der Waals surface area contributed by atoms with E-state index < -0.39 is 0 Å². The zero-order valence-corrected chi connectivity index (χ0v) is 16.6. The zero-order valence-electron chi connectivity index (χ0n) is 16.6. The molecule has 1 N–H and O–H groups in total. The number of methoxy groups -OCH3 is 1. The Bertz CT molecular complexity index is 985. The van der Waals surface area contributed by atoms with Gasteiger partial charge in [0.15, 0.2) is 0 Å². The predicted octanol–water partition coefficient (Wildman–Crippen LogP) is 3.94. The fourth-order valence-corrected chi connectivity index (χ4v) is 3.65. The summed E-state index contributed by atoms with van der Waals surface area (Å²) in [6.45, 7) is 2.16. The van der Waals surface area contributed by atoms with Crippen LogP contribution in [-0.2, 0) is 19.4 Å². The van der Waals surface area contributed by atoms with Crippen LogP contribution in [-0.4, -0.2) is 36.0 Å². The van der Waals surface area contributed by atoms with E-state index in [1.165, 1.54) is 16.7 Å². The van der Waals surface area contributed by atoms with Gasteiger partial charge < -0.3 is 15.0 Å². The largest absolute Gasteiger partial charge is 0.497 e. The van der Waals surface area contributed by atoms with Crippen molar-refractivity contribution in [2.45, 2.75) is 19.4 Å². The van der Waals surface area contributed by atoms with Gasteiger partial charge in [-0.2, -0.15) is 0 Å². The standard InChI is InChI=1S/C24H25N3O2/c1-29-23-8-6-18(7-9-23)10-12-26-22-14-21(15-25-16-22)24(28)27-13-11-19-4-2-3-5-20(19)17-27/h2-9,14-16,26H,10-13,17H2,1H3. The number of carbonyl (C=O) groups excluding carboxylic acids is 1. The molecule has 29 heavy (non-hydrogen) atoms. The Hall–Kier alpha value is -3.34. The molecule has 0 saturated carbocycles. The molecule has 4 rings (SSSR count). The number of ether oxygens (including phenoxy) is 1. The average molecular weight is 387 g/mol. The SMILES string of the molecule is COc1ccc(CCNc2cncc(C(=O)N3CCc4ccccc4C3)c2)cc1. The van der Waals surface area contributed by atoms with Gasteiger partial charge in [0.2, 0.25) is 0 Å². The average Bonchev–Trinajstić information content (AvgIpc) is 2.79. The lowest BCUT2D eigenvalue weighted by Crippen LogP contribution is -2.36. The second-order valence-corrected chi connectivity index (χ2v) is 7.23. The fraction of sp³-hybridized carbons (Fsp3) is 0.250. The van der Waals surface area contributed by atoms with Gasteiger partial charge in [-0.15, -0.1) is 0 Å². The lowest BCUT2D eigenvalue weighted by Gasteiger charge is -2.29. The molecule has 0 spiro atoms. The quantitative estimate of drug-likeness (QED) is 0.696. The number of benzene rings is 2. The minimum atomic E-state index is 0.0332. The molecule has 1 amide bonds. The summed E-state index contributed by atoms with van der Waals surface area (Å²) in [7, 11) is 1.67. The van der Waals surface area contributed by atoms with Gasteiger partial charge in [0, 0.05) is 32.0 Å². The van der Waals surface area contributed by atoms with E-state index in [4.69, 9.17) is 4.74 Å². The number of anilines is 1. The number of rotatable bonds is 6. The van der Waals surface area contributed by atoms with Crippen LogP contribution in [0.4, 0.5) is 5.69 Å². The number of aromatic nitrogens is 1. The Labute approximate surface area is 171 Å². The number of pyridine rings is 1. The maximum Gasteiger partial charge on any atom is 0.255 e. The molecule has 0 fully saturated rings. The van der Waals surface area contributed by atoms with E-state index in [1.807, 2.05) is 29.2 Å². The Morgan fingerprint density at radius 1 is 1.10 bits per heavy atom. The molecule has 0 bridgehead atoms. The number of nitrogens with zero attached hydrogens (tertiary/aromatic N) is 2. The molecular weight excluding hydrogens is 362 g/mol. The number of hydrogen-bond donors (Lipinski definition) is 1. The molecule has 1 aromatic heterocycles. The Morgan fingerprint density at radius 3 is 2.69 bits per heavy atom. The van der Waals surface area contributed by atoms with Crippen molar-refractivity contribution in [3.8, 4) is 5.75 Å². The third-order valence-corrected chi connectivity index (χ3v) is 5.30. The molecule has 0 atom stereocenters. The second-order valence-electron chi connectivity index (χ2n) is 7.23. The van der Waals surface area contributed by atoms with E-state index in [-0.39, 0.29) is 5.91 Å². The van der Waals surface area contributed by atoms with Crippen LogP contribution in [0.25, 0.3) is 0 Å². The Morgan fingerprint density at radius 2 is 1.90 bits per heavy atom. The van der Waals surface area contributed by atoms with Gasteiger partial charge in [-0.3, -0.25) is 9.78 Å². The zero-order chi connectivity index (χ0) is 20.1. The Balaban J connectivity index is 1.36. The Kier molecular flexibility index (Phi) is 5.75. The van der Waals surface area contributed by atoms with Crippen LogP contribution in [0, 0.1) is 0 Å². The second kappa shape index (κ2) is 8.78. The number of amides is 1. The monoisotopic (exact) mass is 387 g/mol. The van der Waals surface area contributed by atoms with E-state index in [2.05, 4.69) is 40.6 Å². The first-order chi connectivity index (χ1) is 14.2. The van der Waals surface area contributed by atoms with Gasteiger partial charge in [-0.1, -0.05) is 36.4 Å². The van der Waals surface area contributed by atoms with Crippen molar-refractivity contribution in [2.24, 2.45) is 0 Å². The van der Waals surface area contributed by atoms with Crippen molar-refractivity contribution < 1.29 is 9.53 Å². The van der Waals surface area contributed by atoms with Crippen LogP contribution in [0.2, 0.25) is 0 Å². The van der Waals surface area contributed by atoms with Crippen LogP contribution in [0.1, 0.15) is 27.0 Å². The summed E-state index contributed by atoms with van der Waals surface area (Å²) in [6, 6.07) is 18.3. The highest BCUT2D eigenvalue weighted by atomic mass is 16.5. The molecule has 0 saturated heterocycles. The molecule has 5 heteroatoms. The lowest BCUT2D eigenvalue weighted by atomic mass is 9.99. The molecule has 2 heterocycles. The molecule has 0 unspecified atom stereocenters. The molecule has 1 aliphatic heterocycles. The minimum Gasteiger partial charge on any atom is -0.497 e. The van der Waals surface area contributed by atoms with Gasteiger partial charge in [0.05, 0.1) is 18.4 Å². The van der Waals surface area contributed by atoms with Crippen molar-refractivity contribution in [1.29, 1.82) is 0 Å². The number of fused-ring (bicyclic) bond motifs is 1. The van der Waals surface area contributed by atoms with Gasteiger partial charge in [0.1, 0.15) is 5.75 Å². The van der Waals surface area contributed by atoms with Gasteiger partial charge in [-0.05, 0) is 47.7 Å². The molecule has 0 radical (unpaired) electrons. The van der Waals surface area contributed by atoms with Crippen molar-refractivity contribution >= 4 is 11.6 Å². The third kappa shape index (κ3) is 4.57. The predicted molar refractivity (Wildman–Crippen MR) is 114 cm³/mol. The molecule has 148 valence electrons. The minimum absolute atomic E-state index is 0.0332. The molecule has 0 aliphatic carbocycles. The molecule has 1 aliphatic rings. The molecule has 3 aromatic rings. The lowest BCUT2D eigenvalue weighted by molar-refractivity contribution is 0.0734. The summed E-state index contributed by atoms with van der Waals surface area (Å²) in [5.74, 6) is 0.892. The normalized spacial score (nSPS) is 12.9. The first-order valence-electron chi connectivity index (χ1n) is 9.91. The van der Waals surface area contributed by atoms with Crippen LogP contribution in [0.15, 0.2) is 67.0 Å². The van der Waals surface area contributed by atoms with Crippen molar-refractivity contribution in [3.05, 3.63) is 89.2 Å². The molecule has 5 nitrogen and oxygen atoms in total. The van der Waals surface area contributed by atoms with Crippen molar-refractivity contribution in [3.63, 3.8) is 0 Å². The van der Waals surface area contributed by atoms with Gasteiger partial charge in [0.25, 0.3) is 5.91 Å². The van der Waals surface area contributed by atoms with E-state index >= 15 is 0 Å². The smallest absolute Gasteiger partial charge is 0.255 e.